The molecule has 1 heteroatoms. The van der Waals surface area contributed by atoms with E-state index < -0.39 is 0 Å². The highest BCUT2D eigenvalue weighted by molar-refractivity contribution is 4.78. The van der Waals surface area contributed by atoms with Crippen LogP contribution in [-0.2, 0) is 0 Å². The summed E-state index contributed by atoms with van der Waals surface area (Å²) in [6.07, 6.45) is 7.08. The standard InChI is InChI=1S/C12H25N/c1-4-6-7-11(5-2)12-8-9-13(3)10-12/h11-12H,4-10H2,1-3H3. The Kier molecular flexibility index (Phi) is 4.79. The van der Waals surface area contributed by atoms with Crippen LogP contribution in [0, 0.1) is 11.8 Å². The largest absolute Gasteiger partial charge is 0.306 e. The average molecular weight is 183 g/mol. The van der Waals surface area contributed by atoms with E-state index in [-0.39, 0.29) is 0 Å². The van der Waals surface area contributed by atoms with Gasteiger partial charge in [-0.25, -0.2) is 0 Å². The Labute approximate surface area is 83.5 Å². The lowest BCUT2D eigenvalue weighted by molar-refractivity contribution is 0.290. The van der Waals surface area contributed by atoms with Crippen molar-refractivity contribution < 1.29 is 0 Å². The van der Waals surface area contributed by atoms with Crippen LogP contribution in [0.15, 0.2) is 0 Å². The van der Waals surface area contributed by atoms with Crippen LogP contribution in [-0.4, -0.2) is 25.0 Å². The van der Waals surface area contributed by atoms with E-state index in [0.29, 0.717) is 0 Å². The zero-order chi connectivity index (χ0) is 9.68. The lowest BCUT2D eigenvalue weighted by atomic mass is 9.85. The molecule has 0 aliphatic carbocycles. The van der Waals surface area contributed by atoms with Crippen LogP contribution in [0.25, 0.3) is 0 Å². The second kappa shape index (κ2) is 5.64. The first-order chi connectivity index (χ1) is 6.27. The Hall–Kier alpha value is -0.0400. The van der Waals surface area contributed by atoms with E-state index in [1.807, 2.05) is 0 Å². The predicted molar refractivity (Wildman–Crippen MR) is 58.9 cm³/mol. The normalized spacial score (nSPS) is 26.5. The molecule has 2 atom stereocenters. The topological polar surface area (TPSA) is 3.24 Å². The van der Waals surface area contributed by atoms with E-state index in [4.69, 9.17) is 0 Å². The van der Waals surface area contributed by atoms with Crippen LogP contribution in [0.4, 0.5) is 0 Å². The van der Waals surface area contributed by atoms with Gasteiger partial charge in [-0.3, -0.25) is 0 Å². The second-order valence-electron chi connectivity index (χ2n) is 4.62. The summed E-state index contributed by atoms with van der Waals surface area (Å²) in [6.45, 7) is 7.33. The van der Waals surface area contributed by atoms with Crippen LogP contribution in [0.3, 0.4) is 0 Å². The minimum atomic E-state index is 1.00. The summed E-state index contributed by atoms with van der Waals surface area (Å²) in [5.41, 5.74) is 0. The smallest absolute Gasteiger partial charge is 0.000973 e. The van der Waals surface area contributed by atoms with E-state index in [1.165, 1.54) is 45.2 Å². The first kappa shape index (κ1) is 11.0. The lowest BCUT2D eigenvalue weighted by Gasteiger charge is -2.21. The summed E-state index contributed by atoms with van der Waals surface area (Å²) < 4.78 is 0. The summed E-state index contributed by atoms with van der Waals surface area (Å²) in [6, 6.07) is 0. The maximum Gasteiger partial charge on any atom is 0.000973 e. The van der Waals surface area contributed by atoms with E-state index in [2.05, 4.69) is 25.8 Å². The summed E-state index contributed by atoms with van der Waals surface area (Å²) >= 11 is 0. The molecule has 0 bridgehead atoms. The van der Waals surface area contributed by atoms with Crippen LogP contribution in [0.5, 0.6) is 0 Å². The summed E-state index contributed by atoms with van der Waals surface area (Å²) in [7, 11) is 2.26. The highest BCUT2D eigenvalue weighted by Crippen LogP contribution is 2.29. The van der Waals surface area contributed by atoms with E-state index >= 15 is 0 Å². The van der Waals surface area contributed by atoms with Crippen molar-refractivity contribution >= 4 is 0 Å². The number of likely N-dealkylation sites (tertiary alicyclic amines) is 1. The molecule has 1 fully saturated rings. The molecular weight excluding hydrogens is 158 g/mol. The van der Waals surface area contributed by atoms with Crippen molar-refractivity contribution in [2.75, 3.05) is 20.1 Å². The van der Waals surface area contributed by atoms with Crippen LogP contribution in [0.2, 0.25) is 0 Å². The summed E-state index contributed by atoms with van der Waals surface area (Å²) in [5.74, 6) is 2.01. The molecule has 0 aromatic rings. The van der Waals surface area contributed by atoms with Crippen molar-refractivity contribution in [3.05, 3.63) is 0 Å². The van der Waals surface area contributed by atoms with Crippen molar-refractivity contribution in [1.82, 2.24) is 4.90 Å². The molecule has 0 N–H and O–H groups in total. The van der Waals surface area contributed by atoms with Gasteiger partial charge in [0.15, 0.2) is 0 Å². The van der Waals surface area contributed by atoms with Gasteiger partial charge in [-0.15, -0.1) is 0 Å². The van der Waals surface area contributed by atoms with Crippen LogP contribution < -0.4 is 0 Å². The van der Waals surface area contributed by atoms with Gasteiger partial charge in [0.05, 0.1) is 0 Å². The molecule has 1 heterocycles. The molecule has 1 nitrogen and oxygen atoms in total. The molecule has 0 aromatic carbocycles. The molecule has 1 aliphatic heterocycles. The number of hydrogen-bond acceptors (Lipinski definition) is 1. The predicted octanol–water partition coefficient (Wildman–Crippen LogP) is 3.15. The third kappa shape index (κ3) is 3.30. The fraction of sp³-hybridized carbons (Fsp3) is 1.00. The molecule has 0 saturated carbocycles. The third-order valence-corrected chi connectivity index (χ3v) is 3.55. The monoisotopic (exact) mass is 183 g/mol. The lowest BCUT2D eigenvalue weighted by Crippen LogP contribution is -2.19. The second-order valence-corrected chi connectivity index (χ2v) is 4.62. The Morgan fingerprint density at radius 3 is 2.62 bits per heavy atom. The van der Waals surface area contributed by atoms with Crippen molar-refractivity contribution in [3.8, 4) is 0 Å². The van der Waals surface area contributed by atoms with Crippen molar-refractivity contribution in [1.29, 1.82) is 0 Å². The van der Waals surface area contributed by atoms with Gasteiger partial charge in [-0.2, -0.15) is 0 Å². The number of hydrogen-bond donors (Lipinski definition) is 0. The highest BCUT2D eigenvalue weighted by Gasteiger charge is 2.25. The fourth-order valence-electron chi connectivity index (χ4n) is 2.59. The zero-order valence-electron chi connectivity index (χ0n) is 9.55. The number of rotatable bonds is 5. The number of nitrogens with zero attached hydrogens (tertiary/aromatic N) is 1. The highest BCUT2D eigenvalue weighted by atomic mass is 15.1. The molecule has 1 saturated heterocycles. The van der Waals surface area contributed by atoms with Gasteiger partial charge in [0.25, 0.3) is 0 Å². The Bertz CT molecular complexity index is 133. The summed E-state index contributed by atoms with van der Waals surface area (Å²) in [5, 5.41) is 0. The van der Waals surface area contributed by atoms with Gasteiger partial charge in [-0.05, 0) is 31.8 Å². The Balaban J connectivity index is 2.29. The van der Waals surface area contributed by atoms with Gasteiger partial charge < -0.3 is 4.90 Å². The molecule has 0 aromatic heterocycles. The van der Waals surface area contributed by atoms with Gasteiger partial charge in [0.1, 0.15) is 0 Å². The Morgan fingerprint density at radius 1 is 1.38 bits per heavy atom. The SMILES string of the molecule is CCCCC(CC)C1CCN(C)C1. The van der Waals surface area contributed by atoms with Gasteiger partial charge in [0.2, 0.25) is 0 Å². The van der Waals surface area contributed by atoms with E-state index in [0.717, 1.165) is 11.8 Å². The molecule has 78 valence electrons. The minimum absolute atomic E-state index is 1.00. The summed E-state index contributed by atoms with van der Waals surface area (Å²) in [4.78, 5) is 2.49. The molecule has 0 amide bonds. The minimum Gasteiger partial charge on any atom is -0.306 e. The first-order valence-corrected chi connectivity index (χ1v) is 5.96. The maximum atomic E-state index is 2.49. The van der Waals surface area contributed by atoms with Crippen molar-refractivity contribution in [2.24, 2.45) is 11.8 Å². The van der Waals surface area contributed by atoms with Gasteiger partial charge in [0, 0.05) is 6.54 Å². The van der Waals surface area contributed by atoms with Crippen molar-refractivity contribution in [3.63, 3.8) is 0 Å². The third-order valence-electron chi connectivity index (χ3n) is 3.55. The average Bonchev–Trinajstić information content (AvgIpc) is 2.54. The first-order valence-electron chi connectivity index (χ1n) is 5.96. The Morgan fingerprint density at radius 2 is 2.15 bits per heavy atom. The quantitative estimate of drug-likeness (QED) is 0.633. The maximum absolute atomic E-state index is 2.49. The van der Waals surface area contributed by atoms with E-state index in [9.17, 15) is 0 Å². The van der Waals surface area contributed by atoms with Gasteiger partial charge in [-0.1, -0.05) is 39.5 Å². The molecule has 13 heavy (non-hydrogen) atoms. The van der Waals surface area contributed by atoms with Gasteiger partial charge >= 0.3 is 0 Å². The molecule has 0 radical (unpaired) electrons. The van der Waals surface area contributed by atoms with E-state index in [1.54, 1.807) is 0 Å². The van der Waals surface area contributed by atoms with Crippen molar-refractivity contribution in [2.45, 2.75) is 46.0 Å². The molecule has 1 rings (SSSR count). The molecule has 0 spiro atoms. The molecule has 1 aliphatic rings. The zero-order valence-corrected chi connectivity index (χ0v) is 9.55. The number of unbranched alkanes of at least 4 members (excludes halogenated alkanes) is 1. The van der Waals surface area contributed by atoms with Crippen LogP contribution >= 0.6 is 0 Å². The molecular formula is C12H25N. The molecule has 2 unspecified atom stereocenters. The fourth-order valence-corrected chi connectivity index (χ4v) is 2.59. The van der Waals surface area contributed by atoms with Crippen LogP contribution in [0.1, 0.15) is 46.0 Å².